The van der Waals surface area contributed by atoms with Crippen LogP contribution < -0.4 is 10.1 Å². The first-order valence-electron chi connectivity index (χ1n) is 9.42. The predicted molar refractivity (Wildman–Crippen MR) is 111 cm³/mol. The summed E-state index contributed by atoms with van der Waals surface area (Å²) in [6, 6.07) is 11.1. The molecule has 1 unspecified atom stereocenters. The lowest BCUT2D eigenvalue weighted by molar-refractivity contribution is -0.192. The molecule has 0 saturated heterocycles. The van der Waals surface area contributed by atoms with Crippen LogP contribution in [0.4, 0.5) is 27.6 Å². The summed E-state index contributed by atoms with van der Waals surface area (Å²) in [6.45, 7) is 2.18. The average Bonchev–Trinajstić information content (AvgIpc) is 2.74. The van der Waals surface area contributed by atoms with Gasteiger partial charge in [0.25, 0.3) is 0 Å². The van der Waals surface area contributed by atoms with Gasteiger partial charge in [0.15, 0.2) is 11.6 Å². The Morgan fingerprint density at radius 3 is 2.33 bits per heavy atom. The first-order valence-corrected chi connectivity index (χ1v) is 9.42. The topological polar surface area (TPSA) is 80.7 Å². The highest BCUT2D eigenvalue weighted by molar-refractivity contribution is 5.95. The zero-order valence-corrected chi connectivity index (χ0v) is 17.8. The summed E-state index contributed by atoms with van der Waals surface area (Å²) >= 11 is 0. The van der Waals surface area contributed by atoms with Crippen LogP contribution in [0.25, 0.3) is 10.9 Å². The Labute approximate surface area is 186 Å². The van der Waals surface area contributed by atoms with Gasteiger partial charge in [-0.3, -0.25) is 0 Å². The number of nitrogens with one attached hydrogen (secondary N) is 1. The second kappa shape index (κ2) is 10.9. The number of nitrogens with zero attached hydrogens (tertiary/aromatic N) is 1. The van der Waals surface area contributed by atoms with Gasteiger partial charge in [-0.05, 0) is 36.8 Å². The molecule has 1 heterocycles. The number of benzene rings is 2. The van der Waals surface area contributed by atoms with Crippen LogP contribution in [-0.2, 0) is 9.53 Å². The summed E-state index contributed by atoms with van der Waals surface area (Å²) in [6.07, 6.45) is -5.08. The van der Waals surface area contributed by atoms with E-state index in [-0.39, 0.29) is 12.6 Å². The molecule has 0 saturated carbocycles. The number of alkyl halides is 3. The first-order chi connectivity index (χ1) is 15.5. The van der Waals surface area contributed by atoms with Crippen molar-refractivity contribution in [3.8, 4) is 5.75 Å². The van der Waals surface area contributed by atoms with E-state index >= 15 is 0 Å². The molecule has 0 radical (unpaired) electrons. The number of fused-ring (bicyclic) bond motifs is 1. The number of anilines is 1. The number of carboxylic acids is 1. The number of carboxylic acid groups (broad SMARTS) is 1. The standard InChI is InChI=1S/C20H20F2N2O2.C2HF3O2/c1-12-9-17(14-5-4-6-19(26-3)20(14)23-12)24-18(11-25-2)13-7-8-15(21)16(22)10-13;3-2(4,5)1(6)7/h4-10,18H,11H2,1-3H3,(H,23,24);(H,6,7). The third-order valence-electron chi connectivity index (χ3n) is 4.40. The summed E-state index contributed by atoms with van der Waals surface area (Å²) in [5.41, 5.74) is 2.96. The molecule has 1 atom stereocenters. The molecule has 0 aliphatic heterocycles. The SMILES string of the molecule is COCC(Nc1cc(C)nc2c(OC)cccc12)c1ccc(F)c(F)c1.O=C(O)C(F)(F)F. The number of rotatable bonds is 6. The highest BCUT2D eigenvalue weighted by atomic mass is 19.4. The van der Waals surface area contributed by atoms with Crippen molar-refractivity contribution in [2.75, 3.05) is 26.1 Å². The van der Waals surface area contributed by atoms with Crippen molar-refractivity contribution in [2.45, 2.75) is 19.1 Å². The third-order valence-corrected chi connectivity index (χ3v) is 4.40. The third kappa shape index (κ3) is 6.75. The molecule has 0 aliphatic rings. The van der Waals surface area contributed by atoms with Crippen LogP contribution in [0.2, 0.25) is 0 Å². The summed E-state index contributed by atoms with van der Waals surface area (Å²) in [7, 11) is 3.16. The van der Waals surface area contributed by atoms with Crippen molar-refractivity contribution < 1.29 is 41.3 Å². The summed E-state index contributed by atoms with van der Waals surface area (Å²) in [5.74, 6) is -3.85. The largest absolute Gasteiger partial charge is 0.494 e. The maximum atomic E-state index is 13.7. The second-order valence-electron chi connectivity index (χ2n) is 6.80. The van der Waals surface area contributed by atoms with Crippen molar-refractivity contribution in [1.82, 2.24) is 4.98 Å². The van der Waals surface area contributed by atoms with Crippen LogP contribution in [0.5, 0.6) is 5.75 Å². The van der Waals surface area contributed by atoms with E-state index < -0.39 is 23.8 Å². The number of hydrogen-bond acceptors (Lipinski definition) is 5. The van der Waals surface area contributed by atoms with Crippen molar-refractivity contribution in [3.63, 3.8) is 0 Å². The normalized spacial score (nSPS) is 12.0. The first kappa shape index (κ1) is 25.8. The van der Waals surface area contributed by atoms with E-state index in [2.05, 4.69) is 10.3 Å². The number of pyridine rings is 1. The molecule has 6 nitrogen and oxygen atoms in total. The van der Waals surface area contributed by atoms with E-state index in [0.29, 0.717) is 11.3 Å². The Bertz CT molecular complexity index is 1120. The van der Waals surface area contributed by atoms with Gasteiger partial charge in [0.2, 0.25) is 0 Å². The number of hydrogen-bond donors (Lipinski definition) is 2. The number of ether oxygens (including phenoxy) is 2. The molecule has 178 valence electrons. The maximum Gasteiger partial charge on any atom is 0.490 e. The van der Waals surface area contributed by atoms with Crippen LogP contribution in [0.3, 0.4) is 0 Å². The molecule has 0 amide bonds. The van der Waals surface area contributed by atoms with Crippen molar-refractivity contribution in [1.29, 1.82) is 0 Å². The monoisotopic (exact) mass is 472 g/mol. The van der Waals surface area contributed by atoms with E-state index in [1.807, 2.05) is 31.2 Å². The molecule has 0 bridgehead atoms. The van der Waals surface area contributed by atoms with E-state index in [1.165, 1.54) is 6.07 Å². The Balaban J connectivity index is 0.000000479. The highest BCUT2D eigenvalue weighted by Crippen LogP contribution is 2.32. The van der Waals surface area contributed by atoms with Crippen LogP contribution in [0, 0.1) is 18.6 Å². The molecule has 3 aromatic rings. The lowest BCUT2D eigenvalue weighted by Crippen LogP contribution is -2.21. The van der Waals surface area contributed by atoms with E-state index in [1.54, 1.807) is 20.3 Å². The second-order valence-corrected chi connectivity index (χ2v) is 6.80. The van der Waals surface area contributed by atoms with E-state index in [4.69, 9.17) is 19.4 Å². The fourth-order valence-corrected chi connectivity index (χ4v) is 2.94. The van der Waals surface area contributed by atoms with Gasteiger partial charge in [-0.25, -0.2) is 18.6 Å². The van der Waals surface area contributed by atoms with Gasteiger partial charge >= 0.3 is 12.1 Å². The Hall–Kier alpha value is -3.47. The number of aryl methyl sites for hydroxylation is 1. The van der Waals surface area contributed by atoms with Gasteiger partial charge in [-0.1, -0.05) is 18.2 Å². The Kier molecular flexibility index (Phi) is 8.52. The molecular weight excluding hydrogens is 451 g/mol. The van der Waals surface area contributed by atoms with Crippen molar-refractivity contribution in [2.24, 2.45) is 0 Å². The minimum absolute atomic E-state index is 0.290. The van der Waals surface area contributed by atoms with Gasteiger partial charge in [-0.2, -0.15) is 13.2 Å². The average molecular weight is 472 g/mol. The molecule has 1 aromatic heterocycles. The molecule has 0 aliphatic carbocycles. The molecule has 0 fully saturated rings. The van der Waals surface area contributed by atoms with Gasteiger partial charge < -0.3 is 19.9 Å². The summed E-state index contributed by atoms with van der Waals surface area (Å²) < 4.78 is 69.3. The maximum absolute atomic E-state index is 13.7. The van der Waals surface area contributed by atoms with Crippen molar-refractivity contribution in [3.05, 3.63) is 65.4 Å². The number of para-hydroxylation sites is 1. The van der Waals surface area contributed by atoms with E-state index in [0.717, 1.165) is 28.4 Å². The zero-order valence-electron chi connectivity index (χ0n) is 17.8. The minimum atomic E-state index is -5.08. The van der Waals surface area contributed by atoms with Crippen LogP contribution in [-0.4, -0.2) is 43.1 Å². The van der Waals surface area contributed by atoms with Gasteiger partial charge in [0.05, 0.1) is 19.8 Å². The number of aromatic nitrogens is 1. The summed E-state index contributed by atoms with van der Waals surface area (Å²) in [4.78, 5) is 13.4. The minimum Gasteiger partial charge on any atom is -0.494 e. The molecule has 3 rings (SSSR count). The molecule has 11 heteroatoms. The lowest BCUT2D eigenvalue weighted by atomic mass is 10.1. The smallest absolute Gasteiger partial charge is 0.490 e. The van der Waals surface area contributed by atoms with Gasteiger partial charge in [0, 0.05) is 23.9 Å². The predicted octanol–water partition coefficient (Wildman–Crippen LogP) is 5.26. The zero-order chi connectivity index (χ0) is 24.8. The van der Waals surface area contributed by atoms with Crippen molar-refractivity contribution >= 4 is 22.6 Å². The molecule has 2 N–H and O–H groups in total. The fraction of sp³-hybridized carbons (Fsp3) is 0.273. The number of halogens is 5. The number of carbonyl (C=O) groups is 1. The molecular formula is C22H21F5N2O4. The van der Waals surface area contributed by atoms with Gasteiger partial charge in [0.1, 0.15) is 11.3 Å². The fourth-order valence-electron chi connectivity index (χ4n) is 2.94. The van der Waals surface area contributed by atoms with Crippen LogP contribution >= 0.6 is 0 Å². The molecule has 2 aromatic carbocycles. The van der Waals surface area contributed by atoms with E-state index in [9.17, 15) is 22.0 Å². The van der Waals surface area contributed by atoms with Crippen LogP contribution in [0.1, 0.15) is 17.3 Å². The highest BCUT2D eigenvalue weighted by Gasteiger charge is 2.38. The van der Waals surface area contributed by atoms with Crippen LogP contribution in [0.15, 0.2) is 42.5 Å². The number of aliphatic carboxylic acids is 1. The molecule has 0 spiro atoms. The quantitative estimate of drug-likeness (QED) is 0.477. The molecule has 33 heavy (non-hydrogen) atoms. The summed E-state index contributed by atoms with van der Waals surface area (Å²) in [5, 5.41) is 11.4. The lowest BCUT2D eigenvalue weighted by Gasteiger charge is -2.21. The Morgan fingerprint density at radius 1 is 1.12 bits per heavy atom. The number of methoxy groups -OCH3 is 2. The Morgan fingerprint density at radius 2 is 1.79 bits per heavy atom. The van der Waals surface area contributed by atoms with Gasteiger partial charge in [-0.15, -0.1) is 0 Å².